The van der Waals surface area contributed by atoms with Crippen molar-refractivity contribution in [1.29, 1.82) is 0 Å². The van der Waals surface area contributed by atoms with Crippen molar-refractivity contribution in [2.75, 3.05) is 13.1 Å². The van der Waals surface area contributed by atoms with E-state index in [1.165, 1.54) is 0 Å². The van der Waals surface area contributed by atoms with Crippen LogP contribution >= 0.6 is 7.75 Å². The van der Waals surface area contributed by atoms with Crippen LogP contribution in [0.1, 0.15) is 0 Å². The van der Waals surface area contributed by atoms with Crippen molar-refractivity contribution >= 4 is 14.1 Å². The minimum absolute atomic E-state index is 0.199. The lowest BCUT2D eigenvalue weighted by atomic mass is 10.7. The first-order chi connectivity index (χ1) is 4.11. The fourth-order valence-electron chi connectivity index (χ4n) is 0.556. The van der Waals surface area contributed by atoms with Gasteiger partial charge in [0.25, 0.3) is 0 Å². The molecule has 0 saturated carbocycles. The molecule has 0 radical (unpaired) electrons. The van der Waals surface area contributed by atoms with Crippen LogP contribution in [0.25, 0.3) is 0 Å². The Morgan fingerprint density at radius 3 is 2.56 bits per heavy atom. The Labute approximate surface area is 52.2 Å². The van der Waals surface area contributed by atoms with Gasteiger partial charge in [0.2, 0.25) is 0 Å². The van der Waals surface area contributed by atoms with Crippen LogP contribution in [0, 0.1) is 0 Å². The molecule has 1 heterocycles. The first-order valence-electron chi connectivity index (χ1n) is 2.40. The maximum atomic E-state index is 10.1. The Hall–Kier alpha value is -0.380. The van der Waals surface area contributed by atoms with Crippen molar-refractivity contribution in [3.8, 4) is 0 Å². The molecular weight excluding hydrogens is 143 g/mol. The number of hydrogen-bond acceptors (Lipinski definition) is 4. The van der Waals surface area contributed by atoms with Gasteiger partial charge < -0.3 is 19.0 Å². The van der Waals surface area contributed by atoms with E-state index in [9.17, 15) is 14.4 Å². The van der Waals surface area contributed by atoms with Crippen LogP contribution in [0.3, 0.4) is 0 Å². The van der Waals surface area contributed by atoms with Crippen molar-refractivity contribution < 1.29 is 14.4 Å². The van der Waals surface area contributed by atoms with Gasteiger partial charge in [-0.3, -0.25) is 4.99 Å². The second-order valence-corrected chi connectivity index (χ2v) is 3.10. The van der Waals surface area contributed by atoms with Crippen molar-refractivity contribution in [2.24, 2.45) is 4.99 Å². The summed E-state index contributed by atoms with van der Waals surface area (Å²) >= 11 is 0. The molecule has 0 unspecified atom stereocenters. The van der Waals surface area contributed by atoms with Gasteiger partial charge in [0.05, 0.1) is 12.9 Å². The summed E-state index contributed by atoms with van der Waals surface area (Å²) in [5.74, 6) is 0. The highest BCUT2D eigenvalue weighted by atomic mass is 31.2. The van der Waals surface area contributed by atoms with Crippen LogP contribution in [-0.2, 0) is 4.57 Å². The predicted octanol–water partition coefficient (Wildman–Crippen LogP) is -1.84. The van der Waals surface area contributed by atoms with Gasteiger partial charge in [-0.15, -0.1) is 0 Å². The van der Waals surface area contributed by atoms with Gasteiger partial charge >= 0.3 is 0 Å². The van der Waals surface area contributed by atoms with Gasteiger partial charge in [0.15, 0.2) is 0 Å². The zero-order chi connectivity index (χ0) is 6.91. The molecule has 0 aromatic heterocycles. The number of hydrogen-bond donors (Lipinski definition) is 0. The number of aliphatic imine (C=N–C) groups is 1. The lowest BCUT2D eigenvalue weighted by Gasteiger charge is -2.37. The predicted molar refractivity (Wildman–Crippen MR) is 27.7 cm³/mol. The molecule has 0 atom stereocenters. The maximum Gasteiger partial charge on any atom is 0.0889 e. The molecule has 0 spiro atoms. The largest absolute Gasteiger partial charge is 0.795 e. The normalized spacial score (nSPS) is 19.1. The molecular formula is C3H5N2O3P-2. The minimum atomic E-state index is -4.53. The summed E-state index contributed by atoms with van der Waals surface area (Å²) in [7, 11) is -4.53. The lowest BCUT2D eigenvalue weighted by molar-refractivity contribution is -0.325. The molecule has 0 N–H and O–H groups in total. The molecule has 1 aliphatic heterocycles. The maximum absolute atomic E-state index is 10.1. The molecule has 9 heavy (non-hydrogen) atoms. The van der Waals surface area contributed by atoms with Crippen LogP contribution in [0.5, 0.6) is 0 Å². The summed E-state index contributed by atoms with van der Waals surface area (Å²) in [6.07, 6.45) is 1.06. The molecule has 0 aliphatic carbocycles. The second-order valence-electron chi connectivity index (χ2n) is 1.65. The average Bonchev–Trinajstić information content (AvgIpc) is 2.08. The third-order valence-electron chi connectivity index (χ3n) is 0.988. The fraction of sp³-hybridized carbons (Fsp3) is 0.667. The first-order valence-corrected chi connectivity index (χ1v) is 3.89. The fourth-order valence-corrected chi connectivity index (χ4v) is 1.09. The van der Waals surface area contributed by atoms with Gasteiger partial charge in [-0.2, -0.15) is 0 Å². The van der Waals surface area contributed by atoms with E-state index in [2.05, 4.69) is 4.99 Å². The highest BCUT2D eigenvalue weighted by Gasteiger charge is 2.06. The van der Waals surface area contributed by atoms with Crippen LogP contribution in [-0.4, -0.2) is 24.1 Å². The summed E-state index contributed by atoms with van der Waals surface area (Å²) in [4.78, 5) is 23.8. The Morgan fingerprint density at radius 1 is 1.67 bits per heavy atom. The Bertz CT molecular complexity index is 174. The average molecular weight is 148 g/mol. The van der Waals surface area contributed by atoms with Gasteiger partial charge in [-0.25, -0.2) is 0 Å². The Morgan fingerprint density at radius 2 is 2.33 bits per heavy atom. The van der Waals surface area contributed by atoms with E-state index in [-0.39, 0.29) is 6.54 Å². The highest BCUT2D eigenvalue weighted by molar-refractivity contribution is 7.46. The molecule has 1 aliphatic rings. The van der Waals surface area contributed by atoms with Gasteiger partial charge in [-0.05, 0) is 0 Å². The van der Waals surface area contributed by atoms with E-state index in [1.807, 2.05) is 0 Å². The molecule has 5 nitrogen and oxygen atoms in total. The van der Waals surface area contributed by atoms with Crippen molar-refractivity contribution in [3.63, 3.8) is 0 Å². The monoisotopic (exact) mass is 148 g/mol. The smallest absolute Gasteiger partial charge is 0.0889 e. The van der Waals surface area contributed by atoms with E-state index < -0.39 is 7.75 Å². The van der Waals surface area contributed by atoms with Crippen LogP contribution < -0.4 is 9.79 Å². The van der Waals surface area contributed by atoms with E-state index in [4.69, 9.17) is 0 Å². The Balaban J connectivity index is 2.64. The van der Waals surface area contributed by atoms with Crippen LogP contribution in [0.4, 0.5) is 0 Å². The number of nitrogens with zero attached hydrogens (tertiary/aromatic N) is 2. The first kappa shape index (κ1) is 6.74. The molecule has 52 valence electrons. The quantitative estimate of drug-likeness (QED) is 0.409. The number of rotatable bonds is 1. The van der Waals surface area contributed by atoms with Gasteiger partial charge in [-0.1, -0.05) is 0 Å². The summed E-state index contributed by atoms with van der Waals surface area (Å²) in [6, 6.07) is 0. The summed E-state index contributed by atoms with van der Waals surface area (Å²) in [5.41, 5.74) is 0. The molecule has 0 aromatic carbocycles. The summed E-state index contributed by atoms with van der Waals surface area (Å²) in [5, 5.41) is 0. The third-order valence-corrected chi connectivity index (χ3v) is 1.92. The van der Waals surface area contributed by atoms with E-state index >= 15 is 0 Å². The molecule has 1 rings (SSSR count). The zero-order valence-electron chi connectivity index (χ0n) is 4.56. The molecule has 0 fully saturated rings. The summed E-state index contributed by atoms with van der Waals surface area (Å²) < 4.78 is 10.8. The van der Waals surface area contributed by atoms with E-state index in [0.717, 1.165) is 6.34 Å². The SMILES string of the molecule is O=P([O-])([O-])N1C=NCC1. The van der Waals surface area contributed by atoms with E-state index in [0.29, 0.717) is 11.2 Å². The van der Waals surface area contributed by atoms with Gasteiger partial charge in [0, 0.05) is 14.3 Å². The molecule has 0 amide bonds. The Kier molecular flexibility index (Phi) is 1.57. The van der Waals surface area contributed by atoms with Crippen molar-refractivity contribution in [1.82, 2.24) is 4.67 Å². The lowest BCUT2D eigenvalue weighted by Crippen LogP contribution is -2.30. The standard InChI is InChI=1S/C3H7N2O3P/c6-9(7,8)5-2-1-4-3-5/h3H,1-2H2,(H2,6,7,8)/p-2. The van der Waals surface area contributed by atoms with E-state index in [1.54, 1.807) is 0 Å². The topological polar surface area (TPSA) is 78.8 Å². The third kappa shape index (κ3) is 1.51. The van der Waals surface area contributed by atoms with Gasteiger partial charge in [0.1, 0.15) is 0 Å². The molecule has 0 aromatic rings. The van der Waals surface area contributed by atoms with Crippen molar-refractivity contribution in [3.05, 3.63) is 0 Å². The van der Waals surface area contributed by atoms with Crippen LogP contribution in [0.2, 0.25) is 0 Å². The van der Waals surface area contributed by atoms with Crippen LogP contribution in [0.15, 0.2) is 4.99 Å². The minimum Gasteiger partial charge on any atom is -0.795 e. The summed E-state index contributed by atoms with van der Waals surface area (Å²) in [6.45, 7) is 0.596. The van der Waals surface area contributed by atoms with Crippen molar-refractivity contribution in [2.45, 2.75) is 0 Å². The second kappa shape index (κ2) is 2.10. The molecule has 0 saturated heterocycles. The molecule has 6 heteroatoms. The molecule has 0 bridgehead atoms. The highest BCUT2D eigenvalue weighted by Crippen LogP contribution is 2.28. The zero-order valence-corrected chi connectivity index (χ0v) is 5.45.